The van der Waals surface area contributed by atoms with Gasteiger partial charge >= 0.3 is 6.18 Å². The van der Waals surface area contributed by atoms with E-state index in [-0.39, 0.29) is 18.4 Å². The topological polar surface area (TPSA) is 35.2 Å². The van der Waals surface area contributed by atoms with Crippen LogP contribution in [0.4, 0.5) is 13.2 Å². The predicted octanol–water partition coefficient (Wildman–Crippen LogP) is 3.50. The molecule has 0 aromatic heterocycles. The molecule has 2 nitrogen and oxygen atoms in total. The Labute approximate surface area is 107 Å². The molecule has 1 rings (SSSR count). The van der Waals surface area contributed by atoms with Crippen molar-refractivity contribution >= 4 is 0 Å². The van der Waals surface area contributed by atoms with Gasteiger partial charge in [0.15, 0.2) is 6.10 Å². The number of hydrogen-bond donors (Lipinski definition) is 1. The van der Waals surface area contributed by atoms with E-state index in [0.29, 0.717) is 5.92 Å². The van der Waals surface area contributed by atoms with Gasteiger partial charge in [0.1, 0.15) is 0 Å². The van der Waals surface area contributed by atoms with Crippen LogP contribution in [0.15, 0.2) is 0 Å². The van der Waals surface area contributed by atoms with Crippen LogP contribution in [0.25, 0.3) is 0 Å². The predicted molar refractivity (Wildman–Crippen MR) is 65.2 cm³/mol. The average Bonchev–Trinajstić information content (AvgIpc) is 2.25. The minimum Gasteiger partial charge on any atom is -0.372 e. The molecule has 0 amide bonds. The van der Waals surface area contributed by atoms with Gasteiger partial charge in [0.25, 0.3) is 0 Å². The molecule has 0 aromatic carbocycles. The van der Waals surface area contributed by atoms with Crippen LogP contribution in [0.3, 0.4) is 0 Å². The van der Waals surface area contributed by atoms with Gasteiger partial charge in [-0.3, -0.25) is 0 Å². The van der Waals surface area contributed by atoms with Gasteiger partial charge in [-0.2, -0.15) is 13.2 Å². The van der Waals surface area contributed by atoms with E-state index in [1.807, 2.05) is 6.92 Å². The second-order valence-corrected chi connectivity index (χ2v) is 5.60. The maximum Gasteiger partial charge on any atom is 0.414 e. The summed E-state index contributed by atoms with van der Waals surface area (Å²) in [4.78, 5) is 0. The van der Waals surface area contributed by atoms with Crippen molar-refractivity contribution < 1.29 is 17.9 Å². The number of rotatable bonds is 5. The van der Waals surface area contributed by atoms with Crippen molar-refractivity contribution in [2.45, 2.75) is 63.8 Å². The highest BCUT2D eigenvalue weighted by molar-refractivity contribution is 4.79. The number of ether oxygens (including phenoxy) is 1. The molecule has 1 fully saturated rings. The van der Waals surface area contributed by atoms with Crippen molar-refractivity contribution in [3.8, 4) is 0 Å². The Morgan fingerprint density at radius 3 is 1.89 bits per heavy atom. The van der Waals surface area contributed by atoms with Crippen molar-refractivity contribution in [3.05, 3.63) is 0 Å². The molecular formula is C13H24F3NO. The summed E-state index contributed by atoms with van der Waals surface area (Å²) in [5.41, 5.74) is 5.75. The van der Waals surface area contributed by atoms with E-state index < -0.39 is 12.3 Å². The summed E-state index contributed by atoms with van der Waals surface area (Å²) in [5.74, 6) is 0.731. The van der Waals surface area contributed by atoms with E-state index in [1.165, 1.54) is 0 Å². The van der Waals surface area contributed by atoms with Crippen molar-refractivity contribution in [2.75, 3.05) is 7.11 Å². The lowest BCUT2D eigenvalue weighted by atomic mass is 9.77. The quantitative estimate of drug-likeness (QED) is 0.827. The molecule has 0 heterocycles. The Balaban J connectivity index is 2.34. The molecule has 1 saturated carbocycles. The molecule has 0 radical (unpaired) electrons. The molecule has 108 valence electrons. The fraction of sp³-hybridized carbons (Fsp3) is 1.00. The maximum absolute atomic E-state index is 12.6. The summed E-state index contributed by atoms with van der Waals surface area (Å²) in [6.45, 7) is 1.98. The van der Waals surface area contributed by atoms with Crippen LogP contribution >= 0.6 is 0 Å². The van der Waals surface area contributed by atoms with Crippen molar-refractivity contribution in [1.29, 1.82) is 0 Å². The van der Waals surface area contributed by atoms with Gasteiger partial charge in [-0.1, -0.05) is 25.7 Å². The largest absolute Gasteiger partial charge is 0.414 e. The maximum atomic E-state index is 12.6. The third-order valence-electron chi connectivity index (χ3n) is 3.87. The highest BCUT2D eigenvalue weighted by Crippen LogP contribution is 2.36. The lowest BCUT2D eigenvalue weighted by Crippen LogP contribution is -2.34. The van der Waals surface area contributed by atoms with Gasteiger partial charge < -0.3 is 10.5 Å². The molecule has 2 atom stereocenters. The van der Waals surface area contributed by atoms with Crippen LogP contribution in [0.1, 0.15) is 45.4 Å². The van der Waals surface area contributed by atoms with Gasteiger partial charge in [0.05, 0.1) is 0 Å². The van der Waals surface area contributed by atoms with E-state index in [9.17, 15) is 13.2 Å². The Morgan fingerprint density at radius 1 is 1.11 bits per heavy atom. The summed E-state index contributed by atoms with van der Waals surface area (Å²) < 4.78 is 42.3. The van der Waals surface area contributed by atoms with Gasteiger partial charge in [-0.15, -0.1) is 0 Å². The van der Waals surface area contributed by atoms with E-state index >= 15 is 0 Å². The summed E-state index contributed by atoms with van der Waals surface area (Å²) in [5, 5.41) is 0. The summed E-state index contributed by atoms with van der Waals surface area (Å²) in [6.07, 6.45) is -1.02. The first kappa shape index (κ1) is 15.8. The first-order valence-corrected chi connectivity index (χ1v) is 6.68. The Hall–Kier alpha value is -0.290. The van der Waals surface area contributed by atoms with Gasteiger partial charge in [-0.05, 0) is 31.6 Å². The van der Waals surface area contributed by atoms with Crippen LogP contribution in [0, 0.1) is 11.8 Å². The molecule has 18 heavy (non-hydrogen) atoms. The molecule has 0 saturated heterocycles. The standard InChI is InChI=1S/C13H24F3NO/c1-9(17)7-10-3-5-11(6-4-10)8-12(18-2)13(14,15)16/h9-12H,3-8,17H2,1-2H3. The summed E-state index contributed by atoms with van der Waals surface area (Å²) in [7, 11) is 1.14. The molecule has 5 heteroatoms. The molecule has 0 bridgehead atoms. The fourth-order valence-corrected chi connectivity index (χ4v) is 2.89. The smallest absolute Gasteiger partial charge is 0.372 e. The van der Waals surface area contributed by atoms with Crippen LogP contribution in [0.2, 0.25) is 0 Å². The SMILES string of the molecule is COC(CC1CCC(CC(C)N)CC1)C(F)(F)F. The molecule has 2 N–H and O–H groups in total. The van der Waals surface area contributed by atoms with Crippen molar-refractivity contribution in [2.24, 2.45) is 17.6 Å². The Morgan fingerprint density at radius 2 is 1.56 bits per heavy atom. The molecular weight excluding hydrogens is 243 g/mol. The minimum absolute atomic E-state index is 0.102. The first-order valence-electron chi connectivity index (χ1n) is 6.68. The lowest BCUT2D eigenvalue weighted by molar-refractivity contribution is -0.218. The number of halogens is 3. The van der Waals surface area contributed by atoms with Crippen molar-refractivity contribution in [3.63, 3.8) is 0 Å². The molecule has 1 aliphatic carbocycles. The fourth-order valence-electron chi connectivity index (χ4n) is 2.89. The van der Waals surface area contributed by atoms with E-state index in [4.69, 9.17) is 5.73 Å². The van der Waals surface area contributed by atoms with Crippen LogP contribution in [-0.4, -0.2) is 25.4 Å². The third kappa shape index (κ3) is 5.14. The summed E-state index contributed by atoms with van der Waals surface area (Å²) >= 11 is 0. The zero-order valence-corrected chi connectivity index (χ0v) is 11.2. The molecule has 0 aliphatic heterocycles. The second-order valence-electron chi connectivity index (χ2n) is 5.60. The normalized spacial score (nSPS) is 29.0. The lowest BCUT2D eigenvalue weighted by Gasteiger charge is -2.31. The average molecular weight is 267 g/mol. The number of hydrogen-bond acceptors (Lipinski definition) is 2. The Bertz CT molecular complexity index is 235. The van der Waals surface area contributed by atoms with E-state index in [2.05, 4.69) is 4.74 Å². The number of methoxy groups -OCH3 is 1. The van der Waals surface area contributed by atoms with Crippen LogP contribution in [-0.2, 0) is 4.74 Å². The van der Waals surface area contributed by atoms with Crippen molar-refractivity contribution in [1.82, 2.24) is 0 Å². The van der Waals surface area contributed by atoms with Crippen LogP contribution < -0.4 is 5.73 Å². The third-order valence-corrected chi connectivity index (χ3v) is 3.87. The molecule has 0 aromatic rings. The van der Waals surface area contributed by atoms with Gasteiger partial charge in [0.2, 0.25) is 0 Å². The van der Waals surface area contributed by atoms with Gasteiger partial charge in [0, 0.05) is 13.2 Å². The highest BCUT2D eigenvalue weighted by Gasteiger charge is 2.41. The highest BCUT2D eigenvalue weighted by atomic mass is 19.4. The summed E-state index contributed by atoms with van der Waals surface area (Å²) in [6, 6.07) is 0.188. The number of nitrogens with two attached hydrogens (primary N) is 1. The second kappa shape index (κ2) is 6.75. The molecule has 0 spiro atoms. The zero-order chi connectivity index (χ0) is 13.8. The monoisotopic (exact) mass is 267 g/mol. The molecule has 1 aliphatic rings. The van der Waals surface area contributed by atoms with E-state index in [0.717, 1.165) is 39.2 Å². The molecule has 2 unspecified atom stereocenters. The number of alkyl halides is 3. The minimum atomic E-state index is -4.24. The first-order chi connectivity index (χ1) is 8.32. The zero-order valence-electron chi connectivity index (χ0n) is 11.2. The van der Waals surface area contributed by atoms with E-state index in [1.54, 1.807) is 0 Å². The van der Waals surface area contributed by atoms with Gasteiger partial charge in [-0.25, -0.2) is 0 Å². The Kier molecular flexibility index (Phi) is 5.92. The van der Waals surface area contributed by atoms with Crippen LogP contribution in [0.5, 0.6) is 0 Å².